The van der Waals surface area contributed by atoms with Crippen LogP contribution in [0.1, 0.15) is 23.2 Å². The first-order chi connectivity index (χ1) is 10.2. The van der Waals surface area contributed by atoms with Crippen molar-refractivity contribution in [2.24, 2.45) is 0 Å². The highest BCUT2D eigenvalue weighted by Crippen LogP contribution is 2.31. The molecule has 3 aromatic rings. The zero-order valence-electron chi connectivity index (χ0n) is 11.6. The van der Waals surface area contributed by atoms with Crippen molar-refractivity contribution in [1.82, 2.24) is 19.6 Å². The summed E-state index contributed by atoms with van der Waals surface area (Å²) in [5.41, 5.74) is 4.36. The van der Waals surface area contributed by atoms with Gasteiger partial charge in [-0.05, 0) is 43.9 Å². The quantitative estimate of drug-likeness (QED) is 0.788. The lowest BCUT2D eigenvalue weighted by molar-refractivity contribution is 0.900. The van der Waals surface area contributed by atoms with Crippen LogP contribution in [0.15, 0.2) is 24.5 Å². The molecule has 5 nitrogen and oxygen atoms in total. The average Bonchev–Trinajstić information content (AvgIpc) is 3.11. The monoisotopic (exact) mass is 299 g/mol. The minimum Gasteiger partial charge on any atom is -0.340 e. The summed E-state index contributed by atoms with van der Waals surface area (Å²) in [4.78, 5) is 8.78. The molecule has 1 aliphatic carbocycles. The van der Waals surface area contributed by atoms with E-state index in [0.29, 0.717) is 5.78 Å². The van der Waals surface area contributed by atoms with Crippen molar-refractivity contribution in [3.05, 3.63) is 46.4 Å². The molecule has 0 unspecified atom stereocenters. The molecule has 6 heteroatoms. The lowest BCUT2D eigenvalue weighted by atomic mass is 10.2. The molecule has 0 saturated carbocycles. The van der Waals surface area contributed by atoms with E-state index in [2.05, 4.69) is 20.4 Å². The zero-order chi connectivity index (χ0) is 14.4. The van der Waals surface area contributed by atoms with Crippen molar-refractivity contribution >= 4 is 28.9 Å². The third kappa shape index (κ3) is 2.05. The summed E-state index contributed by atoms with van der Waals surface area (Å²) in [7, 11) is 0. The van der Waals surface area contributed by atoms with E-state index in [1.54, 1.807) is 4.52 Å². The summed E-state index contributed by atoms with van der Waals surface area (Å²) in [6.45, 7) is 1.99. The Labute approximate surface area is 127 Å². The van der Waals surface area contributed by atoms with Gasteiger partial charge in [-0.1, -0.05) is 17.7 Å². The number of aromatic nitrogens is 4. The zero-order valence-corrected chi connectivity index (χ0v) is 12.4. The molecule has 106 valence electrons. The predicted molar refractivity (Wildman–Crippen MR) is 82.3 cm³/mol. The van der Waals surface area contributed by atoms with Crippen LogP contribution in [0.4, 0.5) is 11.5 Å². The Hall–Kier alpha value is -2.14. The Morgan fingerprint density at radius 1 is 1.29 bits per heavy atom. The van der Waals surface area contributed by atoms with Crippen molar-refractivity contribution in [3.63, 3.8) is 0 Å². The van der Waals surface area contributed by atoms with Gasteiger partial charge < -0.3 is 5.32 Å². The second-order valence-electron chi connectivity index (χ2n) is 5.30. The van der Waals surface area contributed by atoms with Gasteiger partial charge in [0.05, 0.1) is 5.69 Å². The fraction of sp³-hybridized carbons (Fsp3) is 0.267. The van der Waals surface area contributed by atoms with E-state index in [1.807, 2.05) is 25.1 Å². The number of nitrogens with zero attached hydrogens (tertiary/aromatic N) is 4. The summed E-state index contributed by atoms with van der Waals surface area (Å²) in [5, 5.41) is 8.47. The van der Waals surface area contributed by atoms with Crippen LogP contribution in [-0.4, -0.2) is 19.6 Å². The highest BCUT2D eigenvalue weighted by atomic mass is 35.5. The highest BCUT2D eigenvalue weighted by molar-refractivity contribution is 6.31. The number of hydrogen-bond acceptors (Lipinski definition) is 4. The molecule has 1 aliphatic rings. The van der Waals surface area contributed by atoms with Crippen molar-refractivity contribution in [3.8, 4) is 0 Å². The topological polar surface area (TPSA) is 55.1 Å². The number of hydrogen-bond donors (Lipinski definition) is 1. The summed E-state index contributed by atoms with van der Waals surface area (Å²) >= 11 is 6.21. The minimum absolute atomic E-state index is 0.636. The van der Waals surface area contributed by atoms with Gasteiger partial charge in [-0.25, -0.2) is 4.98 Å². The van der Waals surface area contributed by atoms with Gasteiger partial charge in [0.2, 0.25) is 0 Å². The molecule has 4 rings (SSSR count). The summed E-state index contributed by atoms with van der Waals surface area (Å²) in [6, 6.07) is 5.96. The summed E-state index contributed by atoms with van der Waals surface area (Å²) < 4.78 is 1.76. The molecule has 0 spiro atoms. The smallest absolute Gasteiger partial charge is 0.254 e. The molecule has 0 atom stereocenters. The first kappa shape index (κ1) is 12.6. The number of aryl methyl sites for hydroxylation is 2. The number of nitrogens with one attached hydrogen (secondary N) is 1. The van der Waals surface area contributed by atoms with Crippen LogP contribution in [-0.2, 0) is 12.8 Å². The van der Waals surface area contributed by atoms with Gasteiger partial charge in [0.1, 0.15) is 12.1 Å². The predicted octanol–water partition coefficient (Wildman–Crippen LogP) is 3.32. The van der Waals surface area contributed by atoms with Crippen LogP contribution < -0.4 is 5.32 Å². The molecular formula is C15H14ClN5. The molecule has 0 aliphatic heterocycles. The van der Waals surface area contributed by atoms with Crippen LogP contribution >= 0.6 is 11.6 Å². The summed E-state index contributed by atoms with van der Waals surface area (Å²) in [5.74, 6) is 1.58. The number of halogens is 1. The van der Waals surface area contributed by atoms with Crippen LogP contribution in [0.2, 0.25) is 5.02 Å². The van der Waals surface area contributed by atoms with Gasteiger partial charge >= 0.3 is 0 Å². The third-order valence-corrected chi connectivity index (χ3v) is 4.29. The van der Waals surface area contributed by atoms with Crippen molar-refractivity contribution in [1.29, 1.82) is 0 Å². The average molecular weight is 300 g/mol. The second-order valence-corrected chi connectivity index (χ2v) is 5.71. The van der Waals surface area contributed by atoms with Crippen molar-refractivity contribution in [2.45, 2.75) is 26.2 Å². The fourth-order valence-electron chi connectivity index (χ4n) is 2.76. The van der Waals surface area contributed by atoms with Gasteiger partial charge in [0, 0.05) is 16.3 Å². The third-order valence-electron chi connectivity index (χ3n) is 3.89. The molecule has 0 saturated heterocycles. The molecule has 1 aromatic carbocycles. The Bertz CT molecular complexity index is 839. The first-order valence-electron chi connectivity index (χ1n) is 6.97. The van der Waals surface area contributed by atoms with Crippen LogP contribution in [0.25, 0.3) is 5.78 Å². The highest BCUT2D eigenvalue weighted by Gasteiger charge is 2.21. The van der Waals surface area contributed by atoms with E-state index in [1.165, 1.54) is 11.9 Å². The van der Waals surface area contributed by atoms with Gasteiger partial charge in [0.25, 0.3) is 5.78 Å². The van der Waals surface area contributed by atoms with E-state index >= 15 is 0 Å². The molecule has 0 radical (unpaired) electrons. The molecule has 2 aromatic heterocycles. The van der Waals surface area contributed by atoms with E-state index in [-0.39, 0.29) is 0 Å². The van der Waals surface area contributed by atoms with Gasteiger partial charge in [-0.15, -0.1) is 0 Å². The van der Waals surface area contributed by atoms with Crippen LogP contribution in [0, 0.1) is 6.92 Å². The number of benzene rings is 1. The maximum atomic E-state index is 6.21. The Morgan fingerprint density at radius 2 is 2.19 bits per heavy atom. The normalized spacial score (nSPS) is 13.6. The molecule has 21 heavy (non-hydrogen) atoms. The Kier molecular flexibility index (Phi) is 2.82. The van der Waals surface area contributed by atoms with E-state index in [4.69, 9.17) is 11.6 Å². The fourth-order valence-corrected chi connectivity index (χ4v) is 2.94. The van der Waals surface area contributed by atoms with E-state index < -0.39 is 0 Å². The first-order valence-corrected chi connectivity index (χ1v) is 7.35. The standard InChI is InChI=1S/C15H14ClN5/c1-9-5-6-10(7-12(9)16)19-14-11-3-2-4-13(11)20-15-17-8-18-21(14)15/h5-8,19H,2-4H2,1H3. The Morgan fingerprint density at radius 3 is 3.05 bits per heavy atom. The van der Waals surface area contributed by atoms with Crippen LogP contribution in [0.5, 0.6) is 0 Å². The maximum absolute atomic E-state index is 6.21. The van der Waals surface area contributed by atoms with E-state index in [0.717, 1.165) is 47.0 Å². The molecule has 0 fully saturated rings. The van der Waals surface area contributed by atoms with Gasteiger partial charge in [-0.3, -0.25) is 0 Å². The maximum Gasteiger partial charge on any atom is 0.254 e. The Balaban J connectivity index is 1.85. The summed E-state index contributed by atoms with van der Waals surface area (Å²) in [6.07, 6.45) is 4.67. The molecule has 0 amide bonds. The van der Waals surface area contributed by atoms with Crippen molar-refractivity contribution in [2.75, 3.05) is 5.32 Å². The largest absolute Gasteiger partial charge is 0.340 e. The molecule has 2 heterocycles. The van der Waals surface area contributed by atoms with Gasteiger partial charge in [0.15, 0.2) is 0 Å². The molecular weight excluding hydrogens is 286 g/mol. The van der Waals surface area contributed by atoms with Gasteiger partial charge in [-0.2, -0.15) is 14.6 Å². The SMILES string of the molecule is Cc1ccc(Nc2c3c(nc4ncnn24)CCC3)cc1Cl. The molecule has 1 N–H and O–H groups in total. The van der Waals surface area contributed by atoms with Crippen LogP contribution in [0.3, 0.4) is 0 Å². The van der Waals surface area contributed by atoms with E-state index in [9.17, 15) is 0 Å². The number of rotatable bonds is 2. The minimum atomic E-state index is 0.636. The second kappa shape index (κ2) is 4.70. The van der Waals surface area contributed by atoms with Crippen molar-refractivity contribution < 1.29 is 0 Å². The molecule has 0 bridgehead atoms. The lowest BCUT2D eigenvalue weighted by Crippen LogP contribution is -2.07. The number of anilines is 2. The number of fused-ring (bicyclic) bond motifs is 2. The lowest BCUT2D eigenvalue weighted by Gasteiger charge is -2.13.